The third kappa shape index (κ3) is 3.63. The van der Waals surface area contributed by atoms with Crippen LogP contribution in [0.25, 0.3) is 0 Å². The molecule has 7 heteroatoms. The molecule has 116 valence electrons. The summed E-state index contributed by atoms with van der Waals surface area (Å²) in [6.45, 7) is 1.61. The molecule has 22 heavy (non-hydrogen) atoms. The molecule has 1 aromatic carbocycles. The van der Waals surface area contributed by atoms with Crippen LogP contribution >= 0.6 is 0 Å². The number of nitrogens with one attached hydrogen (secondary N) is 1. The molecular weight excluding hydrogens is 288 g/mol. The van der Waals surface area contributed by atoms with Crippen molar-refractivity contribution in [3.63, 3.8) is 0 Å². The van der Waals surface area contributed by atoms with Crippen LogP contribution in [-0.4, -0.2) is 29.1 Å². The Bertz CT molecular complexity index is 680. The Morgan fingerprint density at radius 1 is 1.45 bits per heavy atom. The number of aryl methyl sites for hydroxylation is 1. The van der Waals surface area contributed by atoms with E-state index in [4.69, 9.17) is 14.3 Å². The number of hydrogen-bond donors (Lipinski definition) is 2. The van der Waals surface area contributed by atoms with Gasteiger partial charge in [-0.1, -0.05) is 12.1 Å². The standard InChI is InChI=1S/C15H16N2O5/c1-9-14(16-8-22-9)15(20)17-12(7-13(18)19)10-4-3-5-11(6-10)21-2/h3-6,8,12H,7H2,1-2H3,(H,17,20)(H,18,19). The second-order valence-electron chi connectivity index (χ2n) is 4.66. The summed E-state index contributed by atoms with van der Waals surface area (Å²) < 4.78 is 10.1. The molecule has 1 amide bonds. The van der Waals surface area contributed by atoms with E-state index in [0.29, 0.717) is 17.1 Å². The molecule has 0 bridgehead atoms. The highest BCUT2D eigenvalue weighted by Crippen LogP contribution is 2.22. The van der Waals surface area contributed by atoms with Crippen LogP contribution in [0.15, 0.2) is 35.1 Å². The summed E-state index contributed by atoms with van der Waals surface area (Å²) in [5.74, 6) is -0.553. The zero-order chi connectivity index (χ0) is 16.1. The molecule has 0 aliphatic heterocycles. The van der Waals surface area contributed by atoms with Gasteiger partial charge in [0.25, 0.3) is 5.91 Å². The Balaban J connectivity index is 2.24. The highest BCUT2D eigenvalue weighted by molar-refractivity contribution is 5.93. The number of carboxylic acid groups (broad SMARTS) is 1. The molecule has 0 aliphatic rings. The van der Waals surface area contributed by atoms with E-state index in [1.54, 1.807) is 31.2 Å². The van der Waals surface area contributed by atoms with Gasteiger partial charge in [0.1, 0.15) is 11.5 Å². The van der Waals surface area contributed by atoms with Crippen LogP contribution in [0.5, 0.6) is 5.75 Å². The average Bonchev–Trinajstić information content (AvgIpc) is 2.92. The van der Waals surface area contributed by atoms with Crippen molar-refractivity contribution in [1.29, 1.82) is 0 Å². The third-order valence-corrected chi connectivity index (χ3v) is 3.14. The first-order valence-corrected chi connectivity index (χ1v) is 6.58. The Morgan fingerprint density at radius 2 is 2.23 bits per heavy atom. The summed E-state index contributed by atoms with van der Waals surface area (Å²) in [5, 5.41) is 11.7. The molecule has 0 fully saturated rings. The number of aliphatic carboxylic acids is 1. The molecule has 0 saturated heterocycles. The monoisotopic (exact) mass is 304 g/mol. The molecule has 1 heterocycles. The van der Waals surface area contributed by atoms with Crippen molar-refractivity contribution in [2.24, 2.45) is 0 Å². The van der Waals surface area contributed by atoms with Gasteiger partial charge >= 0.3 is 5.97 Å². The lowest BCUT2D eigenvalue weighted by atomic mass is 10.0. The molecule has 0 aliphatic carbocycles. The summed E-state index contributed by atoms with van der Waals surface area (Å²) in [5.41, 5.74) is 0.773. The van der Waals surface area contributed by atoms with Crippen LogP contribution in [0.2, 0.25) is 0 Å². The molecular formula is C15H16N2O5. The van der Waals surface area contributed by atoms with Gasteiger partial charge in [0.05, 0.1) is 19.6 Å². The lowest BCUT2D eigenvalue weighted by Gasteiger charge is -2.17. The van der Waals surface area contributed by atoms with E-state index in [0.717, 1.165) is 0 Å². The number of benzene rings is 1. The van der Waals surface area contributed by atoms with Crippen molar-refractivity contribution in [1.82, 2.24) is 10.3 Å². The van der Waals surface area contributed by atoms with Gasteiger partial charge in [-0.15, -0.1) is 0 Å². The van der Waals surface area contributed by atoms with Gasteiger partial charge in [-0.3, -0.25) is 9.59 Å². The second-order valence-corrected chi connectivity index (χ2v) is 4.66. The minimum Gasteiger partial charge on any atom is -0.497 e. The molecule has 7 nitrogen and oxygen atoms in total. The normalized spacial score (nSPS) is 11.7. The fourth-order valence-corrected chi connectivity index (χ4v) is 2.04. The number of amides is 1. The Labute approximate surface area is 126 Å². The number of methoxy groups -OCH3 is 1. The lowest BCUT2D eigenvalue weighted by molar-refractivity contribution is -0.137. The number of carboxylic acids is 1. The molecule has 2 N–H and O–H groups in total. The Kier molecular flexibility index (Phi) is 4.77. The summed E-state index contributed by atoms with van der Waals surface area (Å²) in [7, 11) is 1.52. The minimum absolute atomic E-state index is 0.137. The second kappa shape index (κ2) is 6.75. The fourth-order valence-electron chi connectivity index (χ4n) is 2.04. The molecule has 2 aromatic rings. The van der Waals surface area contributed by atoms with Crippen molar-refractivity contribution < 1.29 is 23.8 Å². The largest absolute Gasteiger partial charge is 0.497 e. The maximum atomic E-state index is 12.2. The number of ether oxygens (including phenoxy) is 1. The SMILES string of the molecule is COc1cccc(C(CC(=O)O)NC(=O)c2ncoc2C)c1. The van der Waals surface area contributed by atoms with Crippen molar-refractivity contribution in [2.45, 2.75) is 19.4 Å². The van der Waals surface area contributed by atoms with Gasteiger partial charge in [-0.2, -0.15) is 0 Å². The fraction of sp³-hybridized carbons (Fsp3) is 0.267. The van der Waals surface area contributed by atoms with Crippen molar-refractivity contribution in [3.8, 4) is 5.75 Å². The van der Waals surface area contributed by atoms with Crippen LogP contribution < -0.4 is 10.1 Å². The zero-order valence-electron chi connectivity index (χ0n) is 12.2. The van der Waals surface area contributed by atoms with Gasteiger partial charge in [0.2, 0.25) is 0 Å². The zero-order valence-corrected chi connectivity index (χ0v) is 12.2. The van der Waals surface area contributed by atoms with Crippen LogP contribution in [-0.2, 0) is 4.79 Å². The van der Waals surface area contributed by atoms with E-state index in [1.807, 2.05) is 0 Å². The van der Waals surface area contributed by atoms with E-state index in [9.17, 15) is 9.59 Å². The molecule has 0 spiro atoms. The highest BCUT2D eigenvalue weighted by Gasteiger charge is 2.22. The molecule has 1 atom stereocenters. The van der Waals surface area contributed by atoms with Crippen LogP contribution in [0.4, 0.5) is 0 Å². The summed E-state index contributed by atoms with van der Waals surface area (Å²) >= 11 is 0. The maximum Gasteiger partial charge on any atom is 0.305 e. The number of oxazole rings is 1. The van der Waals surface area contributed by atoms with Gasteiger partial charge in [0.15, 0.2) is 12.1 Å². The maximum absolute atomic E-state index is 12.2. The molecule has 1 unspecified atom stereocenters. The summed E-state index contributed by atoms with van der Waals surface area (Å²) in [6, 6.07) is 6.19. The topological polar surface area (TPSA) is 102 Å². The lowest BCUT2D eigenvalue weighted by Crippen LogP contribution is -2.30. The molecule has 0 saturated carbocycles. The van der Waals surface area contributed by atoms with Crippen molar-refractivity contribution in [3.05, 3.63) is 47.7 Å². The number of carbonyl (C=O) groups excluding carboxylic acids is 1. The number of aromatic nitrogens is 1. The summed E-state index contributed by atoms with van der Waals surface area (Å²) in [6.07, 6.45) is 0.914. The van der Waals surface area contributed by atoms with Crippen molar-refractivity contribution >= 4 is 11.9 Å². The minimum atomic E-state index is -1.02. The van der Waals surface area contributed by atoms with Gasteiger partial charge < -0.3 is 19.6 Å². The number of hydrogen-bond acceptors (Lipinski definition) is 5. The van der Waals surface area contributed by atoms with Gasteiger partial charge in [0, 0.05) is 0 Å². The van der Waals surface area contributed by atoms with E-state index in [-0.39, 0.29) is 12.1 Å². The molecule has 2 rings (SSSR count). The first-order valence-electron chi connectivity index (χ1n) is 6.58. The van der Waals surface area contributed by atoms with Crippen molar-refractivity contribution in [2.75, 3.05) is 7.11 Å². The number of nitrogens with zero attached hydrogens (tertiary/aromatic N) is 1. The van der Waals surface area contributed by atoms with Gasteiger partial charge in [-0.25, -0.2) is 4.98 Å². The smallest absolute Gasteiger partial charge is 0.305 e. The Morgan fingerprint density at radius 3 is 2.82 bits per heavy atom. The first kappa shape index (κ1) is 15.6. The number of rotatable bonds is 6. The molecule has 1 aromatic heterocycles. The number of carbonyl (C=O) groups is 2. The van der Waals surface area contributed by atoms with E-state index in [2.05, 4.69) is 10.3 Å². The van der Waals surface area contributed by atoms with Crippen LogP contribution in [0, 0.1) is 6.92 Å². The average molecular weight is 304 g/mol. The van der Waals surface area contributed by atoms with E-state index < -0.39 is 17.9 Å². The third-order valence-electron chi connectivity index (χ3n) is 3.14. The van der Waals surface area contributed by atoms with Gasteiger partial charge in [-0.05, 0) is 24.6 Å². The van der Waals surface area contributed by atoms with E-state index >= 15 is 0 Å². The van der Waals surface area contributed by atoms with Crippen LogP contribution in [0.3, 0.4) is 0 Å². The first-order chi connectivity index (χ1) is 10.5. The van der Waals surface area contributed by atoms with E-state index in [1.165, 1.54) is 13.5 Å². The Hall–Kier alpha value is -2.83. The predicted molar refractivity (Wildman–Crippen MR) is 76.7 cm³/mol. The van der Waals surface area contributed by atoms with Crippen LogP contribution in [0.1, 0.15) is 34.3 Å². The predicted octanol–water partition coefficient (Wildman–Crippen LogP) is 1.94. The molecule has 0 radical (unpaired) electrons. The summed E-state index contributed by atoms with van der Waals surface area (Å²) in [4.78, 5) is 27.1. The highest BCUT2D eigenvalue weighted by atomic mass is 16.5. The quantitative estimate of drug-likeness (QED) is 0.845.